The number of aromatic amines is 1. The maximum Gasteiger partial charge on any atom is 0.305 e. The van der Waals surface area contributed by atoms with Gasteiger partial charge in [0.25, 0.3) is 5.91 Å². The number of nitrogens with one attached hydrogen (secondary N) is 2. The Morgan fingerprint density at radius 2 is 1.82 bits per heavy atom. The summed E-state index contributed by atoms with van der Waals surface area (Å²) in [4.78, 5) is 68.6. The lowest BCUT2D eigenvalue weighted by Crippen LogP contribution is -2.42. The zero-order chi connectivity index (χ0) is 31.6. The van der Waals surface area contributed by atoms with Gasteiger partial charge in [-0.2, -0.15) is 0 Å². The third kappa shape index (κ3) is 5.16. The van der Waals surface area contributed by atoms with Crippen molar-refractivity contribution in [1.82, 2.24) is 9.88 Å². The van der Waals surface area contributed by atoms with Gasteiger partial charge in [-0.05, 0) is 66.6 Å². The number of aromatic nitrogens is 1. The first-order valence-corrected chi connectivity index (χ1v) is 17.0. The standard InChI is InChI=1S/C31H28BrN3O8S2/c1-42-15-5-3-14(4-6-15)33-20(36)12-43-19-7-2-13(32)10-16(19)22-23-17-11-18(26(23)44-28-27(22)45-31(41)34-28)25-24(17)29(39)35(30(25)40)9-8-21(37)38/h2-7,10,17-18,22-26H,8-9,11-12H2,1H3,(H,33,36)(H,34,41)(H,37,38)/t17?,18?,22-,23?,24?,25?,26?/m1/s1. The average Bonchev–Trinajstić information content (AvgIpc) is 3.74. The van der Waals surface area contributed by atoms with E-state index >= 15 is 0 Å². The summed E-state index contributed by atoms with van der Waals surface area (Å²) in [5.74, 6) is -2.47. The number of carboxylic acids is 1. The SMILES string of the molecule is COc1ccc(NC(=O)COc2ccc(Br)cc2[C@H]2c3sc(=O)[nH]c3SC3C4CC(C5C(=O)N(CCC(=O)O)C(=O)C45)C32)cc1. The fourth-order valence-electron chi connectivity index (χ4n) is 7.76. The number of H-pyrrole nitrogens is 1. The van der Waals surface area contributed by atoms with E-state index in [9.17, 15) is 29.1 Å². The monoisotopic (exact) mass is 713 g/mol. The summed E-state index contributed by atoms with van der Waals surface area (Å²) < 4.78 is 12.1. The maximum absolute atomic E-state index is 13.6. The Morgan fingerprint density at radius 3 is 2.53 bits per heavy atom. The predicted octanol–water partition coefficient (Wildman–Crippen LogP) is 4.17. The third-order valence-electron chi connectivity index (χ3n) is 9.40. The molecule has 14 heteroatoms. The van der Waals surface area contributed by atoms with Crippen LogP contribution in [0.1, 0.15) is 29.2 Å². The van der Waals surface area contributed by atoms with Crippen LogP contribution in [0.2, 0.25) is 0 Å². The second kappa shape index (κ2) is 11.6. The van der Waals surface area contributed by atoms with Gasteiger partial charge in [0.1, 0.15) is 11.5 Å². The normalized spacial score (nSPS) is 27.6. The molecule has 7 rings (SSSR count). The molecular weight excluding hydrogens is 686 g/mol. The van der Waals surface area contributed by atoms with E-state index in [2.05, 4.69) is 26.2 Å². The van der Waals surface area contributed by atoms with Crippen LogP contribution in [-0.4, -0.2) is 64.2 Å². The molecule has 7 atom stereocenters. The minimum Gasteiger partial charge on any atom is -0.497 e. The molecule has 45 heavy (non-hydrogen) atoms. The minimum atomic E-state index is -1.06. The second-order valence-corrected chi connectivity index (χ2v) is 14.8. The molecule has 3 fully saturated rings. The number of anilines is 1. The Balaban J connectivity index is 1.20. The molecule has 11 nitrogen and oxygen atoms in total. The Hall–Kier alpha value is -3.62. The van der Waals surface area contributed by atoms with Gasteiger partial charge < -0.3 is 24.9 Å². The number of nitrogens with zero attached hydrogens (tertiary/aromatic N) is 1. The van der Waals surface area contributed by atoms with Crippen LogP contribution in [0, 0.1) is 29.6 Å². The highest BCUT2D eigenvalue weighted by atomic mass is 79.9. The van der Waals surface area contributed by atoms with E-state index < -0.39 is 17.8 Å². The number of carboxylic acid groups (broad SMARTS) is 1. The molecule has 2 aliphatic carbocycles. The smallest absolute Gasteiger partial charge is 0.305 e. The molecule has 0 radical (unpaired) electrons. The summed E-state index contributed by atoms with van der Waals surface area (Å²) >= 11 is 6.29. The van der Waals surface area contributed by atoms with E-state index in [1.165, 1.54) is 0 Å². The average molecular weight is 715 g/mol. The number of aliphatic carboxylic acids is 1. The zero-order valence-electron chi connectivity index (χ0n) is 23.9. The number of rotatable bonds is 9. The van der Waals surface area contributed by atoms with Gasteiger partial charge in [-0.25, -0.2) is 0 Å². The number of benzene rings is 2. The lowest BCUT2D eigenvalue weighted by Gasteiger charge is -2.43. The van der Waals surface area contributed by atoms with E-state index in [1.807, 2.05) is 12.1 Å². The molecule has 1 saturated heterocycles. The molecule has 2 aromatic carbocycles. The highest BCUT2D eigenvalue weighted by molar-refractivity contribution is 9.10. The molecule has 3 heterocycles. The second-order valence-electron chi connectivity index (χ2n) is 11.7. The molecular formula is C31H28BrN3O8S2. The van der Waals surface area contributed by atoms with Gasteiger partial charge in [0.2, 0.25) is 11.8 Å². The number of thioether (sulfide) groups is 1. The highest BCUT2D eigenvalue weighted by Gasteiger charge is 2.69. The molecule has 3 aromatic rings. The molecule has 2 bridgehead atoms. The van der Waals surface area contributed by atoms with Gasteiger partial charge in [-0.3, -0.25) is 28.9 Å². The number of hydrogen-bond acceptors (Lipinski definition) is 9. The Kier molecular flexibility index (Phi) is 7.77. The van der Waals surface area contributed by atoms with Crippen LogP contribution in [0.15, 0.2) is 56.8 Å². The Morgan fingerprint density at radius 1 is 1.09 bits per heavy atom. The number of hydrogen-bond donors (Lipinski definition) is 3. The number of imide groups is 1. The number of carbonyl (C=O) groups is 4. The number of thiazole rings is 1. The number of ether oxygens (including phenoxy) is 2. The van der Waals surface area contributed by atoms with E-state index in [1.54, 1.807) is 49.2 Å². The van der Waals surface area contributed by atoms with Gasteiger partial charge in [0.05, 0.1) is 30.4 Å². The van der Waals surface area contributed by atoms with E-state index in [0.29, 0.717) is 23.6 Å². The van der Waals surface area contributed by atoms with Gasteiger partial charge in [-0.1, -0.05) is 27.3 Å². The Bertz CT molecular complexity index is 1770. The largest absolute Gasteiger partial charge is 0.497 e. The quantitative estimate of drug-likeness (QED) is 0.277. The lowest BCUT2D eigenvalue weighted by atomic mass is 9.68. The third-order valence-corrected chi connectivity index (χ3v) is 12.5. The summed E-state index contributed by atoms with van der Waals surface area (Å²) in [5.41, 5.74) is 1.39. The summed E-state index contributed by atoms with van der Waals surface area (Å²) in [6.07, 6.45) is 0.409. The van der Waals surface area contributed by atoms with Crippen LogP contribution in [-0.2, 0) is 19.2 Å². The molecule has 4 aliphatic rings. The van der Waals surface area contributed by atoms with Crippen LogP contribution < -0.4 is 19.7 Å². The first-order valence-electron chi connectivity index (χ1n) is 14.5. The van der Waals surface area contributed by atoms with Crippen LogP contribution in [0.25, 0.3) is 0 Å². The molecule has 234 valence electrons. The van der Waals surface area contributed by atoms with Crippen molar-refractivity contribution in [2.75, 3.05) is 25.6 Å². The fraction of sp³-hybridized carbons (Fsp3) is 0.387. The molecule has 6 unspecified atom stereocenters. The molecule has 2 aliphatic heterocycles. The summed E-state index contributed by atoms with van der Waals surface area (Å²) in [6.45, 7) is -0.386. The minimum absolute atomic E-state index is 0.0413. The van der Waals surface area contributed by atoms with Crippen LogP contribution in [0.3, 0.4) is 0 Å². The number of amides is 3. The molecule has 3 N–H and O–H groups in total. The molecule has 3 amide bonds. The summed E-state index contributed by atoms with van der Waals surface area (Å²) in [6, 6.07) is 12.5. The number of halogens is 1. The van der Waals surface area contributed by atoms with Crippen molar-refractivity contribution in [3.8, 4) is 11.5 Å². The lowest BCUT2D eigenvalue weighted by molar-refractivity contribution is -0.142. The summed E-state index contributed by atoms with van der Waals surface area (Å²) in [5, 5.41) is 12.7. The number of fused-ring (bicyclic) bond motifs is 9. The van der Waals surface area contributed by atoms with Crippen molar-refractivity contribution in [2.24, 2.45) is 29.6 Å². The number of likely N-dealkylation sites (tertiary alicyclic amines) is 1. The van der Waals surface area contributed by atoms with Gasteiger partial charge >= 0.3 is 10.8 Å². The summed E-state index contributed by atoms with van der Waals surface area (Å²) in [7, 11) is 1.57. The van der Waals surface area contributed by atoms with Crippen LogP contribution in [0.4, 0.5) is 5.69 Å². The first kappa shape index (κ1) is 30.1. The Labute approximate surface area is 273 Å². The van der Waals surface area contributed by atoms with E-state index in [0.717, 1.165) is 36.2 Å². The van der Waals surface area contributed by atoms with Crippen LogP contribution >= 0.6 is 39.0 Å². The van der Waals surface area contributed by atoms with Gasteiger partial charge in [-0.15, -0.1) is 11.8 Å². The molecule has 1 aromatic heterocycles. The van der Waals surface area contributed by atoms with E-state index in [-0.39, 0.29) is 71.1 Å². The topological polar surface area (TPSA) is 155 Å². The zero-order valence-corrected chi connectivity index (χ0v) is 27.1. The highest BCUT2D eigenvalue weighted by Crippen LogP contribution is 2.69. The van der Waals surface area contributed by atoms with Crippen molar-refractivity contribution >= 4 is 68.4 Å². The first-order chi connectivity index (χ1) is 21.6. The van der Waals surface area contributed by atoms with E-state index in [4.69, 9.17) is 9.47 Å². The van der Waals surface area contributed by atoms with Crippen molar-refractivity contribution in [3.05, 3.63) is 67.0 Å². The maximum atomic E-state index is 13.6. The van der Waals surface area contributed by atoms with Crippen molar-refractivity contribution in [2.45, 2.75) is 29.0 Å². The van der Waals surface area contributed by atoms with Crippen molar-refractivity contribution in [3.63, 3.8) is 0 Å². The molecule has 0 spiro atoms. The van der Waals surface area contributed by atoms with Gasteiger partial charge in [0.15, 0.2) is 6.61 Å². The number of carbonyl (C=O) groups excluding carboxylic acids is 3. The van der Waals surface area contributed by atoms with Crippen molar-refractivity contribution in [1.29, 1.82) is 0 Å². The van der Waals surface area contributed by atoms with Crippen LogP contribution in [0.5, 0.6) is 11.5 Å². The van der Waals surface area contributed by atoms with Gasteiger partial charge in [0, 0.05) is 38.3 Å². The van der Waals surface area contributed by atoms with Crippen molar-refractivity contribution < 1.29 is 33.8 Å². The number of methoxy groups -OCH3 is 1. The predicted molar refractivity (Wildman–Crippen MR) is 169 cm³/mol. The fourth-order valence-corrected chi connectivity index (χ4v) is 11.0. The molecule has 2 saturated carbocycles.